The first-order valence-corrected chi connectivity index (χ1v) is 7.16. The van der Waals surface area contributed by atoms with Crippen LogP contribution in [0.15, 0.2) is 45.3 Å². The van der Waals surface area contributed by atoms with Crippen molar-refractivity contribution in [2.75, 3.05) is 5.32 Å². The van der Waals surface area contributed by atoms with E-state index >= 15 is 0 Å². The molecule has 0 heterocycles. The molecule has 0 saturated heterocycles. The van der Waals surface area contributed by atoms with Gasteiger partial charge in [-0.3, -0.25) is 0 Å². The molecule has 1 N–H and O–H groups in total. The largest absolute Gasteiger partial charge is 0.380 e. The molecule has 0 unspecified atom stereocenters. The van der Waals surface area contributed by atoms with Gasteiger partial charge in [0.1, 0.15) is 5.82 Å². The van der Waals surface area contributed by atoms with Crippen LogP contribution < -0.4 is 5.32 Å². The number of nitrogens with one attached hydrogen (secondary N) is 1. The highest BCUT2D eigenvalue weighted by molar-refractivity contribution is 9.11. The average molecular weight is 393 g/mol. The van der Waals surface area contributed by atoms with Crippen LogP contribution in [0.2, 0.25) is 5.02 Å². The van der Waals surface area contributed by atoms with Crippen LogP contribution in [-0.4, -0.2) is 0 Å². The summed E-state index contributed by atoms with van der Waals surface area (Å²) in [5, 5.41) is 3.90. The van der Waals surface area contributed by atoms with Gasteiger partial charge in [-0.2, -0.15) is 0 Å². The van der Waals surface area contributed by atoms with Gasteiger partial charge in [0.25, 0.3) is 0 Å². The Bertz CT molecular complexity index is 575. The zero-order valence-corrected chi connectivity index (χ0v) is 13.1. The standard InChI is InChI=1S/C13H9Br2ClFN/c14-10-6-9(17)5-4-8(10)7-18-12-3-1-2-11(16)13(12)15/h1-6,18H,7H2. The van der Waals surface area contributed by atoms with E-state index in [4.69, 9.17) is 11.6 Å². The maximum absolute atomic E-state index is 13.0. The zero-order chi connectivity index (χ0) is 13.1. The number of benzene rings is 2. The van der Waals surface area contributed by atoms with Crippen LogP contribution in [-0.2, 0) is 6.54 Å². The van der Waals surface area contributed by atoms with Crippen LogP contribution in [0.3, 0.4) is 0 Å². The van der Waals surface area contributed by atoms with Gasteiger partial charge in [0.15, 0.2) is 0 Å². The first-order valence-electron chi connectivity index (χ1n) is 5.20. The Morgan fingerprint density at radius 2 is 1.94 bits per heavy atom. The Hall–Kier alpha value is -0.580. The summed E-state index contributed by atoms with van der Waals surface area (Å²) >= 11 is 12.8. The van der Waals surface area contributed by atoms with E-state index in [9.17, 15) is 4.39 Å². The normalized spacial score (nSPS) is 10.4. The summed E-state index contributed by atoms with van der Waals surface area (Å²) in [6, 6.07) is 10.2. The van der Waals surface area contributed by atoms with E-state index in [-0.39, 0.29) is 5.82 Å². The van der Waals surface area contributed by atoms with Crippen molar-refractivity contribution in [2.45, 2.75) is 6.54 Å². The second-order valence-corrected chi connectivity index (χ2v) is 5.75. The van der Waals surface area contributed by atoms with E-state index in [1.54, 1.807) is 6.07 Å². The second kappa shape index (κ2) is 6.04. The summed E-state index contributed by atoms with van der Waals surface area (Å²) in [6.07, 6.45) is 0. The van der Waals surface area contributed by atoms with Gasteiger partial charge in [-0.05, 0) is 45.8 Å². The van der Waals surface area contributed by atoms with Crippen molar-refractivity contribution >= 4 is 49.1 Å². The summed E-state index contributed by atoms with van der Waals surface area (Å²) in [6.45, 7) is 0.583. The Balaban J connectivity index is 2.14. The van der Waals surface area contributed by atoms with Crippen LogP contribution in [0, 0.1) is 5.82 Å². The third-order valence-corrected chi connectivity index (χ3v) is 4.57. The van der Waals surface area contributed by atoms with Crippen molar-refractivity contribution in [1.82, 2.24) is 0 Å². The summed E-state index contributed by atoms with van der Waals surface area (Å²) in [5.41, 5.74) is 1.88. The van der Waals surface area contributed by atoms with E-state index in [0.29, 0.717) is 11.6 Å². The molecule has 2 aromatic rings. The lowest BCUT2D eigenvalue weighted by Gasteiger charge is -2.10. The van der Waals surface area contributed by atoms with Crippen molar-refractivity contribution < 1.29 is 4.39 Å². The van der Waals surface area contributed by atoms with Gasteiger partial charge in [0.2, 0.25) is 0 Å². The van der Waals surface area contributed by atoms with Crippen molar-refractivity contribution in [1.29, 1.82) is 0 Å². The van der Waals surface area contributed by atoms with Crippen LogP contribution in [0.5, 0.6) is 0 Å². The minimum atomic E-state index is -0.255. The van der Waals surface area contributed by atoms with Crippen LogP contribution in [0.4, 0.5) is 10.1 Å². The molecule has 0 aromatic heterocycles. The van der Waals surface area contributed by atoms with Gasteiger partial charge < -0.3 is 5.32 Å². The number of hydrogen-bond donors (Lipinski definition) is 1. The van der Waals surface area contributed by atoms with E-state index in [2.05, 4.69) is 37.2 Å². The van der Waals surface area contributed by atoms with E-state index in [0.717, 1.165) is 20.2 Å². The molecule has 2 aromatic carbocycles. The molecule has 0 radical (unpaired) electrons. The van der Waals surface area contributed by atoms with Crippen molar-refractivity contribution in [3.8, 4) is 0 Å². The van der Waals surface area contributed by atoms with Gasteiger partial charge in [-0.25, -0.2) is 4.39 Å². The Morgan fingerprint density at radius 3 is 2.67 bits per heavy atom. The van der Waals surface area contributed by atoms with E-state index < -0.39 is 0 Å². The molecule has 0 aliphatic carbocycles. The Kier molecular flexibility index (Phi) is 4.65. The number of halogens is 4. The van der Waals surface area contributed by atoms with E-state index in [1.807, 2.05) is 18.2 Å². The second-order valence-electron chi connectivity index (χ2n) is 3.69. The fraction of sp³-hybridized carbons (Fsp3) is 0.0769. The lowest BCUT2D eigenvalue weighted by molar-refractivity contribution is 0.626. The minimum Gasteiger partial charge on any atom is -0.380 e. The zero-order valence-electron chi connectivity index (χ0n) is 9.18. The average Bonchev–Trinajstić information content (AvgIpc) is 2.33. The van der Waals surface area contributed by atoms with Gasteiger partial charge >= 0.3 is 0 Å². The van der Waals surface area contributed by atoms with Crippen LogP contribution in [0.25, 0.3) is 0 Å². The van der Waals surface area contributed by atoms with Crippen molar-refractivity contribution in [3.63, 3.8) is 0 Å². The topological polar surface area (TPSA) is 12.0 Å². The Morgan fingerprint density at radius 1 is 1.17 bits per heavy atom. The fourth-order valence-electron chi connectivity index (χ4n) is 1.50. The van der Waals surface area contributed by atoms with Gasteiger partial charge in [0.05, 0.1) is 15.2 Å². The van der Waals surface area contributed by atoms with Gasteiger partial charge in [-0.1, -0.05) is 39.7 Å². The van der Waals surface area contributed by atoms with Crippen molar-refractivity contribution in [3.05, 3.63) is 61.7 Å². The molecule has 5 heteroatoms. The minimum absolute atomic E-state index is 0.255. The molecule has 0 amide bonds. The first-order chi connectivity index (χ1) is 8.58. The molecule has 0 fully saturated rings. The lowest BCUT2D eigenvalue weighted by atomic mass is 10.2. The lowest BCUT2D eigenvalue weighted by Crippen LogP contribution is -2.01. The molecule has 0 saturated carbocycles. The number of anilines is 1. The molecular weight excluding hydrogens is 384 g/mol. The highest BCUT2D eigenvalue weighted by Gasteiger charge is 2.05. The Labute approximate surface area is 127 Å². The van der Waals surface area contributed by atoms with Crippen molar-refractivity contribution in [2.24, 2.45) is 0 Å². The highest BCUT2D eigenvalue weighted by atomic mass is 79.9. The summed E-state index contributed by atoms with van der Waals surface area (Å²) < 4.78 is 14.5. The smallest absolute Gasteiger partial charge is 0.124 e. The molecule has 0 aliphatic rings. The third kappa shape index (κ3) is 3.25. The predicted octanol–water partition coefficient (Wildman–Crippen LogP) is 5.62. The predicted molar refractivity (Wildman–Crippen MR) is 80.6 cm³/mol. The van der Waals surface area contributed by atoms with Gasteiger partial charge in [-0.15, -0.1) is 0 Å². The molecule has 1 nitrogen and oxygen atoms in total. The van der Waals surface area contributed by atoms with Gasteiger partial charge in [0, 0.05) is 11.0 Å². The quantitative estimate of drug-likeness (QED) is 0.714. The molecule has 94 valence electrons. The molecule has 2 rings (SSSR count). The fourth-order valence-corrected chi connectivity index (χ4v) is 2.57. The number of rotatable bonds is 3. The molecule has 0 bridgehead atoms. The first kappa shape index (κ1) is 13.8. The maximum Gasteiger partial charge on any atom is 0.124 e. The summed E-state index contributed by atoms with van der Waals surface area (Å²) in [4.78, 5) is 0. The summed E-state index contributed by atoms with van der Waals surface area (Å²) in [7, 11) is 0. The third-order valence-electron chi connectivity index (χ3n) is 2.44. The molecule has 0 spiro atoms. The van der Waals surface area contributed by atoms with E-state index in [1.165, 1.54) is 12.1 Å². The monoisotopic (exact) mass is 391 g/mol. The maximum atomic E-state index is 13.0. The molecule has 0 aliphatic heterocycles. The van der Waals surface area contributed by atoms with Crippen LogP contribution >= 0.6 is 43.5 Å². The molecule has 18 heavy (non-hydrogen) atoms. The SMILES string of the molecule is Fc1ccc(CNc2cccc(Cl)c2Br)c(Br)c1. The molecular formula is C13H9Br2ClFN. The number of hydrogen-bond acceptors (Lipinski definition) is 1. The summed E-state index contributed by atoms with van der Waals surface area (Å²) in [5.74, 6) is -0.255. The van der Waals surface area contributed by atoms with Crippen LogP contribution in [0.1, 0.15) is 5.56 Å². The molecule has 0 atom stereocenters. The highest BCUT2D eigenvalue weighted by Crippen LogP contribution is 2.30.